The van der Waals surface area contributed by atoms with Crippen LogP contribution in [-0.4, -0.2) is 59.5 Å². The molecule has 1 aliphatic rings. The Morgan fingerprint density at radius 2 is 2.37 bits per heavy atom. The molecule has 0 radical (unpaired) electrons. The zero-order valence-corrected chi connectivity index (χ0v) is 10.8. The van der Waals surface area contributed by atoms with Gasteiger partial charge < -0.3 is 14.4 Å². The highest BCUT2D eigenvalue weighted by Crippen LogP contribution is 2.10. The molecule has 1 fully saturated rings. The van der Waals surface area contributed by atoms with Gasteiger partial charge in [0, 0.05) is 25.5 Å². The van der Waals surface area contributed by atoms with Crippen molar-refractivity contribution in [3.63, 3.8) is 0 Å². The highest BCUT2D eigenvalue weighted by Gasteiger charge is 2.26. The van der Waals surface area contributed by atoms with Gasteiger partial charge in [-0.3, -0.25) is 14.3 Å². The fourth-order valence-electron chi connectivity index (χ4n) is 1.97. The molecule has 0 spiro atoms. The molecule has 0 bridgehead atoms. The summed E-state index contributed by atoms with van der Waals surface area (Å²) < 4.78 is 11.6. The third-order valence-corrected chi connectivity index (χ3v) is 2.97. The second kappa shape index (κ2) is 6.33. The Morgan fingerprint density at radius 3 is 3.05 bits per heavy atom. The van der Waals surface area contributed by atoms with Gasteiger partial charge in [-0.1, -0.05) is 0 Å². The zero-order chi connectivity index (χ0) is 13.7. The van der Waals surface area contributed by atoms with E-state index in [1.807, 2.05) is 0 Å². The first kappa shape index (κ1) is 13.5. The first-order valence-corrected chi connectivity index (χ1v) is 6.12. The van der Waals surface area contributed by atoms with E-state index in [1.54, 1.807) is 28.0 Å². The SMILES string of the molecule is COC(=O)CC1CN(C(=O)Cn2cccn2)CCO1. The van der Waals surface area contributed by atoms with Crippen LogP contribution in [0.1, 0.15) is 6.42 Å². The summed E-state index contributed by atoms with van der Waals surface area (Å²) in [6, 6.07) is 1.77. The molecule has 0 N–H and O–H groups in total. The van der Waals surface area contributed by atoms with Gasteiger partial charge in [0.2, 0.25) is 5.91 Å². The zero-order valence-electron chi connectivity index (χ0n) is 10.8. The number of aromatic nitrogens is 2. The molecule has 1 atom stereocenters. The summed E-state index contributed by atoms with van der Waals surface area (Å²) in [7, 11) is 1.34. The minimum absolute atomic E-state index is 0.0261. The van der Waals surface area contributed by atoms with Gasteiger partial charge in [0.05, 0.1) is 26.2 Å². The summed E-state index contributed by atoms with van der Waals surface area (Å²) in [4.78, 5) is 24.9. The third-order valence-electron chi connectivity index (χ3n) is 2.97. The van der Waals surface area contributed by atoms with E-state index >= 15 is 0 Å². The molecule has 104 valence electrons. The van der Waals surface area contributed by atoms with E-state index in [0.29, 0.717) is 19.7 Å². The quantitative estimate of drug-likeness (QED) is 0.699. The van der Waals surface area contributed by atoms with Crippen molar-refractivity contribution in [2.75, 3.05) is 26.8 Å². The van der Waals surface area contributed by atoms with Crippen LogP contribution in [0.15, 0.2) is 18.5 Å². The lowest BCUT2D eigenvalue weighted by Gasteiger charge is -2.32. The summed E-state index contributed by atoms with van der Waals surface area (Å²) in [6.45, 7) is 1.59. The number of methoxy groups -OCH3 is 1. The van der Waals surface area contributed by atoms with Crippen molar-refractivity contribution in [2.45, 2.75) is 19.1 Å². The maximum absolute atomic E-state index is 12.1. The number of ether oxygens (including phenoxy) is 2. The van der Waals surface area contributed by atoms with Crippen molar-refractivity contribution in [3.8, 4) is 0 Å². The fourth-order valence-corrected chi connectivity index (χ4v) is 1.97. The number of amides is 1. The number of hydrogen-bond acceptors (Lipinski definition) is 5. The molecule has 1 saturated heterocycles. The van der Waals surface area contributed by atoms with Crippen molar-refractivity contribution in [1.29, 1.82) is 0 Å². The van der Waals surface area contributed by atoms with Gasteiger partial charge in [-0.15, -0.1) is 0 Å². The second-order valence-corrected chi connectivity index (χ2v) is 4.32. The normalized spacial score (nSPS) is 19.2. The molecule has 7 heteroatoms. The third kappa shape index (κ3) is 3.78. The molecule has 2 rings (SSSR count). The fraction of sp³-hybridized carbons (Fsp3) is 0.583. The van der Waals surface area contributed by atoms with E-state index in [2.05, 4.69) is 9.84 Å². The molecule has 1 unspecified atom stereocenters. The molecule has 0 aliphatic carbocycles. The first-order valence-electron chi connectivity index (χ1n) is 6.12. The van der Waals surface area contributed by atoms with Crippen molar-refractivity contribution >= 4 is 11.9 Å². The highest BCUT2D eigenvalue weighted by atomic mass is 16.5. The molecule has 1 aliphatic heterocycles. The van der Waals surface area contributed by atoms with Crippen LogP contribution in [0.3, 0.4) is 0 Å². The van der Waals surface area contributed by atoms with Crippen LogP contribution in [0.4, 0.5) is 0 Å². The van der Waals surface area contributed by atoms with Crippen LogP contribution < -0.4 is 0 Å². The van der Waals surface area contributed by atoms with Gasteiger partial charge in [-0.25, -0.2) is 0 Å². The summed E-state index contributed by atoms with van der Waals surface area (Å²) >= 11 is 0. The van der Waals surface area contributed by atoms with Gasteiger partial charge in [0.15, 0.2) is 0 Å². The maximum Gasteiger partial charge on any atom is 0.308 e. The molecule has 1 aromatic heterocycles. The number of morpholine rings is 1. The minimum Gasteiger partial charge on any atom is -0.469 e. The Kier molecular flexibility index (Phi) is 4.51. The lowest BCUT2D eigenvalue weighted by Crippen LogP contribution is -2.47. The number of carbonyl (C=O) groups is 2. The second-order valence-electron chi connectivity index (χ2n) is 4.32. The Labute approximate surface area is 111 Å². The van der Waals surface area contributed by atoms with E-state index < -0.39 is 0 Å². The molecule has 19 heavy (non-hydrogen) atoms. The summed E-state index contributed by atoms with van der Waals surface area (Å²) in [5.74, 6) is -0.353. The average molecular weight is 267 g/mol. The molecule has 0 aromatic carbocycles. The van der Waals surface area contributed by atoms with E-state index in [0.717, 1.165) is 0 Å². The van der Waals surface area contributed by atoms with E-state index in [-0.39, 0.29) is 30.9 Å². The van der Waals surface area contributed by atoms with E-state index in [4.69, 9.17) is 4.74 Å². The molecule has 0 saturated carbocycles. The average Bonchev–Trinajstić information content (AvgIpc) is 2.91. The Bertz CT molecular complexity index is 432. The molecular weight excluding hydrogens is 250 g/mol. The lowest BCUT2D eigenvalue weighted by atomic mass is 10.2. The predicted molar refractivity (Wildman–Crippen MR) is 65.2 cm³/mol. The van der Waals surface area contributed by atoms with Crippen LogP contribution in [0.25, 0.3) is 0 Å². The summed E-state index contributed by atoms with van der Waals surface area (Å²) in [5, 5.41) is 4.00. The van der Waals surface area contributed by atoms with Crippen LogP contribution >= 0.6 is 0 Å². The Hall–Kier alpha value is -1.89. The monoisotopic (exact) mass is 267 g/mol. The standard InChI is InChI=1S/C12H17N3O4/c1-18-12(17)7-10-8-14(5-6-19-10)11(16)9-15-4-2-3-13-15/h2-4,10H,5-9H2,1H3. The first-order chi connectivity index (χ1) is 9.19. The van der Waals surface area contributed by atoms with Gasteiger partial charge in [0.1, 0.15) is 6.54 Å². The Morgan fingerprint density at radius 1 is 1.53 bits per heavy atom. The predicted octanol–water partition coefficient (Wildman–Crippen LogP) is -0.326. The van der Waals surface area contributed by atoms with Gasteiger partial charge in [0.25, 0.3) is 0 Å². The van der Waals surface area contributed by atoms with Crippen molar-refractivity contribution in [3.05, 3.63) is 18.5 Å². The topological polar surface area (TPSA) is 73.7 Å². The van der Waals surface area contributed by atoms with E-state index in [1.165, 1.54) is 7.11 Å². The number of nitrogens with zero attached hydrogens (tertiary/aromatic N) is 3. The van der Waals surface area contributed by atoms with Gasteiger partial charge >= 0.3 is 5.97 Å². The van der Waals surface area contributed by atoms with Crippen LogP contribution in [-0.2, 0) is 25.6 Å². The molecular formula is C12H17N3O4. The van der Waals surface area contributed by atoms with Crippen molar-refractivity contribution in [1.82, 2.24) is 14.7 Å². The van der Waals surface area contributed by atoms with Crippen LogP contribution in [0.5, 0.6) is 0 Å². The smallest absolute Gasteiger partial charge is 0.308 e. The maximum atomic E-state index is 12.1. The van der Waals surface area contributed by atoms with E-state index in [9.17, 15) is 9.59 Å². The lowest BCUT2D eigenvalue weighted by molar-refractivity contribution is -0.150. The van der Waals surface area contributed by atoms with Gasteiger partial charge in [-0.2, -0.15) is 5.10 Å². The number of hydrogen-bond donors (Lipinski definition) is 0. The number of rotatable bonds is 4. The van der Waals surface area contributed by atoms with Crippen LogP contribution in [0.2, 0.25) is 0 Å². The molecule has 2 heterocycles. The van der Waals surface area contributed by atoms with Crippen molar-refractivity contribution < 1.29 is 19.1 Å². The van der Waals surface area contributed by atoms with Crippen LogP contribution in [0, 0.1) is 0 Å². The largest absolute Gasteiger partial charge is 0.469 e. The van der Waals surface area contributed by atoms with Gasteiger partial charge in [-0.05, 0) is 6.07 Å². The summed E-state index contributed by atoms with van der Waals surface area (Å²) in [5.41, 5.74) is 0. The molecule has 7 nitrogen and oxygen atoms in total. The molecule has 1 aromatic rings. The summed E-state index contributed by atoms with van der Waals surface area (Å²) in [6.07, 6.45) is 3.25. The minimum atomic E-state index is -0.327. The van der Waals surface area contributed by atoms with Crippen molar-refractivity contribution in [2.24, 2.45) is 0 Å². The number of carbonyl (C=O) groups excluding carboxylic acids is 2. The molecule has 1 amide bonds. The highest BCUT2D eigenvalue weighted by molar-refractivity contribution is 5.76. The number of esters is 1. The Balaban J connectivity index is 1.86.